The Balaban J connectivity index is 2.09. The van der Waals surface area contributed by atoms with Crippen LogP contribution in [0.4, 0.5) is 0 Å². The van der Waals surface area contributed by atoms with Crippen molar-refractivity contribution in [2.24, 2.45) is 0 Å². The molecule has 0 aliphatic heterocycles. The van der Waals surface area contributed by atoms with Crippen molar-refractivity contribution >= 4 is 16.0 Å². The van der Waals surface area contributed by atoms with Crippen LogP contribution < -0.4 is 4.72 Å². The van der Waals surface area contributed by atoms with Gasteiger partial charge in [0.2, 0.25) is 10.0 Å². The normalized spacial score (nSPS) is 13.6. The number of hydrogen-bond donors (Lipinski definition) is 2. The highest BCUT2D eigenvalue weighted by Crippen LogP contribution is 2.23. The molecule has 8 heteroatoms. The molecule has 1 aromatic heterocycles. The zero-order valence-corrected chi connectivity index (χ0v) is 15.2. The molecule has 1 aromatic carbocycles. The highest BCUT2D eigenvalue weighted by atomic mass is 32.2. The molecule has 0 amide bonds. The van der Waals surface area contributed by atoms with Crippen molar-refractivity contribution in [1.82, 2.24) is 9.88 Å². The second kappa shape index (κ2) is 7.37. The van der Waals surface area contributed by atoms with Crippen LogP contribution in [0.25, 0.3) is 0 Å². The average molecular weight is 366 g/mol. The molecule has 25 heavy (non-hydrogen) atoms. The van der Waals surface area contributed by atoms with Gasteiger partial charge in [-0.15, -0.1) is 0 Å². The van der Waals surface area contributed by atoms with E-state index < -0.39 is 27.8 Å². The van der Waals surface area contributed by atoms with Gasteiger partial charge in [0.25, 0.3) is 0 Å². The first kappa shape index (κ1) is 19.1. The molecule has 1 heterocycles. The van der Waals surface area contributed by atoms with Crippen molar-refractivity contribution in [1.29, 1.82) is 0 Å². The highest BCUT2D eigenvalue weighted by Gasteiger charge is 2.27. The minimum Gasteiger partial charge on any atom is -0.480 e. The van der Waals surface area contributed by atoms with Gasteiger partial charge in [-0.1, -0.05) is 56.3 Å². The fraction of sp³-hybridized carbons (Fsp3) is 0.412. The van der Waals surface area contributed by atoms with Crippen LogP contribution in [0.15, 0.2) is 40.9 Å². The summed E-state index contributed by atoms with van der Waals surface area (Å²) < 4.78 is 32.0. The van der Waals surface area contributed by atoms with Crippen LogP contribution in [0.5, 0.6) is 0 Å². The Morgan fingerprint density at radius 3 is 2.44 bits per heavy atom. The first-order valence-corrected chi connectivity index (χ1v) is 9.45. The summed E-state index contributed by atoms with van der Waals surface area (Å²) in [5.74, 6) is -1.11. The molecule has 0 spiro atoms. The zero-order valence-electron chi connectivity index (χ0n) is 14.4. The van der Waals surface area contributed by atoms with Gasteiger partial charge in [-0.3, -0.25) is 4.79 Å². The third-order valence-electron chi connectivity index (χ3n) is 3.54. The van der Waals surface area contributed by atoms with Gasteiger partial charge in [0.15, 0.2) is 0 Å². The Hall–Kier alpha value is -2.19. The second-order valence-corrected chi connectivity index (χ2v) is 8.64. The highest BCUT2D eigenvalue weighted by molar-refractivity contribution is 7.88. The first-order chi connectivity index (χ1) is 11.6. The van der Waals surface area contributed by atoms with Crippen LogP contribution in [-0.4, -0.2) is 30.7 Å². The lowest BCUT2D eigenvalue weighted by Gasteiger charge is -2.14. The molecule has 2 aromatic rings. The number of nitrogens with one attached hydrogen (secondary N) is 1. The van der Waals surface area contributed by atoms with Gasteiger partial charge < -0.3 is 9.63 Å². The number of sulfonamides is 1. The number of carboxylic acids is 1. The summed E-state index contributed by atoms with van der Waals surface area (Å²) >= 11 is 0. The summed E-state index contributed by atoms with van der Waals surface area (Å²) in [6.45, 7) is 5.76. The Kier molecular flexibility index (Phi) is 5.64. The van der Waals surface area contributed by atoms with Crippen molar-refractivity contribution < 1.29 is 22.8 Å². The molecule has 2 N–H and O–H groups in total. The zero-order chi connectivity index (χ0) is 18.7. The fourth-order valence-electron chi connectivity index (χ4n) is 2.22. The summed E-state index contributed by atoms with van der Waals surface area (Å²) in [5, 5.41) is 13.1. The Bertz CT molecular complexity index is 822. The number of nitrogens with zero attached hydrogens (tertiary/aromatic N) is 1. The van der Waals surface area contributed by atoms with E-state index in [0.717, 1.165) is 5.56 Å². The molecule has 0 saturated heterocycles. The molecular weight excluding hydrogens is 344 g/mol. The van der Waals surface area contributed by atoms with Crippen LogP contribution in [0, 0.1) is 0 Å². The lowest BCUT2D eigenvalue weighted by molar-refractivity contribution is -0.138. The number of benzene rings is 1. The minimum absolute atomic E-state index is 0.0570. The van der Waals surface area contributed by atoms with E-state index in [1.807, 2.05) is 20.8 Å². The molecule has 1 atom stereocenters. The van der Waals surface area contributed by atoms with Crippen molar-refractivity contribution in [2.45, 2.75) is 44.4 Å². The molecule has 0 saturated carbocycles. The summed E-state index contributed by atoms with van der Waals surface area (Å²) in [4.78, 5) is 11.4. The van der Waals surface area contributed by atoms with Crippen molar-refractivity contribution in [3.05, 3.63) is 53.4 Å². The van der Waals surface area contributed by atoms with E-state index in [1.165, 1.54) is 0 Å². The molecule has 0 aliphatic carbocycles. The Morgan fingerprint density at radius 2 is 1.92 bits per heavy atom. The predicted molar refractivity (Wildman–Crippen MR) is 92.5 cm³/mol. The van der Waals surface area contributed by atoms with Crippen LogP contribution in [0.2, 0.25) is 0 Å². The molecule has 136 valence electrons. The Morgan fingerprint density at radius 1 is 1.28 bits per heavy atom. The number of hydrogen-bond acceptors (Lipinski definition) is 5. The molecule has 0 radical (unpaired) electrons. The number of carbonyl (C=O) groups is 1. The van der Waals surface area contributed by atoms with Gasteiger partial charge >= 0.3 is 5.97 Å². The monoisotopic (exact) mass is 366 g/mol. The quantitative estimate of drug-likeness (QED) is 0.776. The second-order valence-electron chi connectivity index (χ2n) is 6.89. The first-order valence-electron chi connectivity index (χ1n) is 7.79. The maximum Gasteiger partial charge on any atom is 0.322 e. The van der Waals surface area contributed by atoms with E-state index in [1.54, 1.807) is 36.4 Å². The van der Waals surface area contributed by atoms with Gasteiger partial charge in [-0.2, -0.15) is 0 Å². The minimum atomic E-state index is -3.88. The maximum absolute atomic E-state index is 12.3. The van der Waals surface area contributed by atoms with Crippen molar-refractivity contribution in [3.8, 4) is 0 Å². The SMILES string of the molecule is CC(C)(C)c1cc(CS(=O)(=O)N[C@@H](Cc2ccccc2)C(=O)O)no1. The summed E-state index contributed by atoms with van der Waals surface area (Å²) in [6.07, 6.45) is 0.0570. The van der Waals surface area contributed by atoms with Crippen LogP contribution >= 0.6 is 0 Å². The van der Waals surface area contributed by atoms with Gasteiger partial charge in [0.05, 0.1) is 0 Å². The van der Waals surface area contributed by atoms with Crippen molar-refractivity contribution in [2.75, 3.05) is 0 Å². The fourth-order valence-corrected chi connectivity index (χ4v) is 3.44. The molecular formula is C17H22N2O5S. The van der Waals surface area contributed by atoms with Gasteiger partial charge in [0.1, 0.15) is 23.2 Å². The smallest absolute Gasteiger partial charge is 0.322 e. The predicted octanol–water partition coefficient (Wildman–Crippen LogP) is 2.09. The van der Waals surface area contributed by atoms with Crippen LogP contribution in [-0.2, 0) is 32.4 Å². The average Bonchev–Trinajstić information content (AvgIpc) is 2.95. The lowest BCUT2D eigenvalue weighted by atomic mass is 9.93. The van der Waals surface area contributed by atoms with Crippen LogP contribution in [0.1, 0.15) is 37.8 Å². The molecule has 0 bridgehead atoms. The van der Waals surface area contributed by atoms with Gasteiger partial charge in [0, 0.05) is 11.5 Å². The van der Waals surface area contributed by atoms with E-state index in [4.69, 9.17) is 4.52 Å². The molecule has 2 rings (SSSR count). The molecule has 7 nitrogen and oxygen atoms in total. The summed E-state index contributed by atoms with van der Waals surface area (Å²) in [6, 6.07) is 9.17. The van der Waals surface area contributed by atoms with E-state index in [2.05, 4.69) is 9.88 Å². The number of aliphatic carboxylic acids is 1. The standard InChI is InChI=1S/C17H22N2O5S/c1-17(2,3)15-10-13(18-24-15)11-25(22,23)19-14(16(20)21)9-12-7-5-4-6-8-12/h4-8,10,14,19H,9,11H2,1-3H3,(H,20,21)/t14-/m0/s1. The summed E-state index contributed by atoms with van der Waals surface area (Å²) in [5.41, 5.74) is 0.676. The molecule has 0 aliphatic rings. The number of carboxylic acid groups (broad SMARTS) is 1. The summed E-state index contributed by atoms with van der Waals surface area (Å²) in [7, 11) is -3.88. The maximum atomic E-state index is 12.3. The molecule has 0 fully saturated rings. The van der Waals surface area contributed by atoms with Gasteiger partial charge in [-0.05, 0) is 12.0 Å². The van der Waals surface area contributed by atoms with Crippen LogP contribution in [0.3, 0.4) is 0 Å². The third kappa shape index (κ3) is 5.68. The largest absolute Gasteiger partial charge is 0.480 e. The van der Waals surface area contributed by atoms with E-state index in [-0.39, 0.29) is 17.5 Å². The molecule has 0 unspecified atom stereocenters. The van der Waals surface area contributed by atoms with E-state index in [0.29, 0.717) is 5.76 Å². The van der Waals surface area contributed by atoms with Crippen molar-refractivity contribution in [3.63, 3.8) is 0 Å². The van der Waals surface area contributed by atoms with E-state index in [9.17, 15) is 18.3 Å². The number of rotatable bonds is 7. The lowest BCUT2D eigenvalue weighted by Crippen LogP contribution is -2.42. The number of aromatic nitrogens is 1. The Labute approximate surface area is 147 Å². The van der Waals surface area contributed by atoms with E-state index >= 15 is 0 Å². The van der Waals surface area contributed by atoms with Gasteiger partial charge in [-0.25, -0.2) is 13.1 Å². The topological polar surface area (TPSA) is 110 Å². The third-order valence-corrected chi connectivity index (χ3v) is 4.86.